The van der Waals surface area contributed by atoms with Crippen LogP contribution >= 0.6 is 0 Å². The molecule has 6 heteroatoms. The first-order chi connectivity index (χ1) is 10.3. The van der Waals surface area contributed by atoms with Crippen molar-refractivity contribution >= 4 is 21.4 Å². The number of hydrogen-bond donors (Lipinski definition) is 1. The van der Waals surface area contributed by atoms with Crippen molar-refractivity contribution in [1.82, 2.24) is 4.31 Å². The van der Waals surface area contributed by atoms with Gasteiger partial charge in [0.25, 0.3) is 0 Å². The van der Waals surface area contributed by atoms with Crippen LogP contribution in [0.3, 0.4) is 0 Å². The van der Waals surface area contributed by atoms with Gasteiger partial charge >= 0.3 is 0 Å². The van der Waals surface area contributed by atoms with Gasteiger partial charge in [0.05, 0.1) is 5.69 Å². The number of hydrogen-bond acceptors (Lipinski definition) is 4. The van der Waals surface area contributed by atoms with Crippen LogP contribution < -0.4 is 10.6 Å². The molecule has 0 saturated heterocycles. The fraction of sp³-hybridized carbons (Fsp3) is 0.250. The van der Waals surface area contributed by atoms with E-state index in [4.69, 9.17) is 5.73 Å². The minimum Gasteiger partial charge on any atom is -0.399 e. The maximum absolute atomic E-state index is 12.9. The van der Waals surface area contributed by atoms with E-state index in [-0.39, 0.29) is 4.90 Å². The average Bonchev–Trinajstić information content (AvgIpc) is 2.47. The van der Waals surface area contributed by atoms with E-state index in [1.165, 1.54) is 10.4 Å². The maximum Gasteiger partial charge on any atom is 0.245 e. The number of sulfonamides is 1. The molecule has 2 aromatic rings. The molecule has 0 aliphatic rings. The van der Waals surface area contributed by atoms with Gasteiger partial charge in [-0.05, 0) is 23.8 Å². The zero-order chi connectivity index (χ0) is 16.3. The van der Waals surface area contributed by atoms with E-state index in [1.54, 1.807) is 24.1 Å². The summed E-state index contributed by atoms with van der Waals surface area (Å²) in [6.45, 7) is 0.310. The number of anilines is 2. The van der Waals surface area contributed by atoms with E-state index in [1.807, 2.05) is 44.4 Å². The highest BCUT2D eigenvalue weighted by Crippen LogP contribution is 2.28. The number of nitrogens with two attached hydrogens (primary N) is 1. The third-order valence-corrected chi connectivity index (χ3v) is 5.23. The van der Waals surface area contributed by atoms with Gasteiger partial charge in [0.15, 0.2) is 0 Å². The predicted molar refractivity (Wildman–Crippen MR) is 90.3 cm³/mol. The first-order valence-electron chi connectivity index (χ1n) is 6.89. The first-order valence-corrected chi connectivity index (χ1v) is 8.33. The van der Waals surface area contributed by atoms with Gasteiger partial charge in [0.1, 0.15) is 4.90 Å². The molecule has 5 nitrogen and oxygen atoms in total. The topological polar surface area (TPSA) is 66.6 Å². The van der Waals surface area contributed by atoms with Crippen LogP contribution in [-0.2, 0) is 16.6 Å². The Morgan fingerprint density at radius 3 is 2.23 bits per heavy atom. The van der Waals surface area contributed by atoms with E-state index in [2.05, 4.69) is 0 Å². The lowest BCUT2D eigenvalue weighted by atomic mass is 10.2. The molecule has 0 fully saturated rings. The van der Waals surface area contributed by atoms with Crippen LogP contribution in [0.4, 0.5) is 11.4 Å². The Morgan fingerprint density at radius 1 is 1.00 bits per heavy atom. The van der Waals surface area contributed by atoms with Gasteiger partial charge in [-0.25, -0.2) is 8.42 Å². The normalized spacial score (nSPS) is 11.6. The molecule has 0 aliphatic carbocycles. The second-order valence-corrected chi connectivity index (χ2v) is 7.38. The van der Waals surface area contributed by atoms with Gasteiger partial charge in [-0.2, -0.15) is 4.31 Å². The van der Waals surface area contributed by atoms with E-state index < -0.39 is 10.0 Å². The van der Waals surface area contributed by atoms with Crippen molar-refractivity contribution in [2.75, 3.05) is 31.8 Å². The molecule has 2 rings (SSSR count). The van der Waals surface area contributed by atoms with Crippen LogP contribution in [0.1, 0.15) is 5.56 Å². The number of rotatable bonds is 5. The highest BCUT2D eigenvalue weighted by Gasteiger charge is 2.25. The summed E-state index contributed by atoms with van der Waals surface area (Å²) in [6.07, 6.45) is 0. The largest absolute Gasteiger partial charge is 0.399 e. The van der Waals surface area contributed by atoms with Crippen molar-refractivity contribution in [2.24, 2.45) is 0 Å². The molecule has 0 bridgehead atoms. The second-order valence-electron chi connectivity index (χ2n) is 5.37. The highest BCUT2D eigenvalue weighted by molar-refractivity contribution is 7.89. The predicted octanol–water partition coefficient (Wildman–Crippen LogP) is 2.16. The highest BCUT2D eigenvalue weighted by atomic mass is 32.2. The van der Waals surface area contributed by atoms with Crippen LogP contribution in [0.15, 0.2) is 53.4 Å². The Balaban J connectivity index is 2.40. The average molecular weight is 319 g/mol. The molecule has 0 saturated carbocycles. The van der Waals surface area contributed by atoms with Crippen molar-refractivity contribution in [2.45, 2.75) is 11.4 Å². The number of benzene rings is 2. The third kappa shape index (κ3) is 3.40. The fourth-order valence-corrected chi connectivity index (χ4v) is 3.65. The minimum atomic E-state index is -3.62. The quantitative estimate of drug-likeness (QED) is 0.858. The number of nitrogen functional groups attached to an aromatic ring is 1. The molecule has 0 unspecified atom stereocenters. The lowest BCUT2D eigenvalue weighted by molar-refractivity contribution is 0.467. The zero-order valence-electron chi connectivity index (χ0n) is 13.0. The van der Waals surface area contributed by atoms with Crippen molar-refractivity contribution in [1.29, 1.82) is 0 Å². The van der Waals surface area contributed by atoms with Crippen LogP contribution in [0.2, 0.25) is 0 Å². The molecule has 2 aromatic carbocycles. The number of nitrogens with zero attached hydrogens (tertiary/aromatic N) is 2. The summed E-state index contributed by atoms with van der Waals surface area (Å²) in [5, 5.41) is 0. The van der Waals surface area contributed by atoms with Gasteiger partial charge in [-0.15, -0.1) is 0 Å². The van der Waals surface area contributed by atoms with E-state index >= 15 is 0 Å². The zero-order valence-corrected chi connectivity index (χ0v) is 13.8. The Hall–Kier alpha value is -2.05. The van der Waals surface area contributed by atoms with Crippen molar-refractivity contribution in [3.63, 3.8) is 0 Å². The Kier molecular flexibility index (Phi) is 4.73. The van der Waals surface area contributed by atoms with Crippen LogP contribution in [0.5, 0.6) is 0 Å². The molecule has 0 amide bonds. The molecular weight excluding hydrogens is 298 g/mol. The first kappa shape index (κ1) is 16.3. The standard InChI is InChI=1S/C16H21N3O2S/c1-18(2)15-10-9-14(17)11-16(15)22(20,21)19(3)12-13-7-5-4-6-8-13/h4-11H,12,17H2,1-3H3. The second kappa shape index (κ2) is 6.37. The van der Waals surface area contributed by atoms with E-state index in [9.17, 15) is 8.42 Å². The summed E-state index contributed by atoms with van der Waals surface area (Å²) >= 11 is 0. The molecule has 22 heavy (non-hydrogen) atoms. The lowest BCUT2D eigenvalue weighted by Gasteiger charge is -2.22. The summed E-state index contributed by atoms with van der Waals surface area (Å²) < 4.78 is 27.1. The Labute approximate surface area is 132 Å². The molecule has 0 atom stereocenters. The minimum absolute atomic E-state index is 0.218. The van der Waals surface area contributed by atoms with E-state index in [0.29, 0.717) is 17.9 Å². The van der Waals surface area contributed by atoms with Crippen LogP contribution in [0.25, 0.3) is 0 Å². The van der Waals surface area contributed by atoms with Crippen molar-refractivity contribution < 1.29 is 8.42 Å². The summed E-state index contributed by atoms with van der Waals surface area (Å²) in [6, 6.07) is 14.4. The van der Waals surface area contributed by atoms with Gasteiger partial charge in [-0.3, -0.25) is 0 Å². The van der Waals surface area contributed by atoms with Crippen molar-refractivity contribution in [3.05, 3.63) is 54.1 Å². The molecule has 0 spiro atoms. The Bertz CT molecular complexity index is 743. The molecule has 0 radical (unpaired) electrons. The van der Waals surface area contributed by atoms with Gasteiger partial charge in [0.2, 0.25) is 10.0 Å². The van der Waals surface area contributed by atoms with Gasteiger partial charge in [-0.1, -0.05) is 30.3 Å². The molecular formula is C16H21N3O2S. The maximum atomic E-state index is 12.9. The fourth-order valence-electron chi connectivity index (χ4n) is 2.20. The third-order valence-electron chi connectivity index (χ3n) is 3.40. The van der Waals surface area contributed by atoms with Gasteiger partial charge in [0, 0.05) is 33.4 Å². The molecule has 0 aromatic heterocycles. The molecule has 0 aliphatic heterocycles. The summed E-state index contributed by atoms with van der Waals surface area (Å²) in [7, 11) is 1.57. The van der Waals surface area contributed by atoms with E-state index in [0.717, 1.165) is 5.56 Å². The molecule has 2 N–H and O–H groups in total. The van der Waals surface area contributed by atoms with Gasteiger partial charge < -0.3 is 10.6 Å². The SMILES string of the molecule is CN(C)c1ccc(N)cc1S(=O)(=O)N(C)Cc1ccccc1. The van der Waals surface area contributed by atoms with Crippen molar-refractivity contribution in [3.8, 4) is 0 Å². The monoisotopic (exact) mass is 319 g/mol. The Morgan fingerprint density at radius 2 is 1.64 bits per heavy atom. The lowest BCUT2D eigenvalue weighted by Crippen LogP contribution is -2.28. The molecule has 118 valence electrons. The molecule has 0 heterocycles. The summed E-state index contributed by atoms with van der Waals surface area (Å²) in [5.41, 5.74) is 7.76. The summed E-state index contributed by atoms with van der Waals surface area (Å²) in [4.78, 5) is 1.99. The summed E-state index contributed by atoms with van der Waals surface area (Å²) in [5.74, 6) is 0. The smallest absolute Gasteiger partial charge is 0.245 e. The van der Waals surface area contributed by atoms with Crippen LogP contribution in [-0.4, -0.2) is 33.9 Å². The van der Waals surface area contributed by atoms with Crippen LogP contribution in [0, 0.1) is 0 Å².